The van der Waals surface area contributed by atoms with Gasteiger partial charge in [0, 0.05) is 6.54 Å². The van der Waals surface area contributed by atoms with Gasteiger partial charge in [0.25, 0.3) is 0 Å². The van der Waals surface area contributed by atoms with Gasteiger partial charge in [-0.2, -0.15) is 0 Å². The third-order valence-corrected chi connectivity index (χ3v) is 4.35. The zero-order chi connectivity index (χ0) is 19.0. The second kappa shape index (κ2) is 9.16. The molecule has 140 valence electrons. The van der Waals surface area contributed by atoms with Gasteiger partial charge in [0.2, 0.25) is 10.0 Å². The zero-order valence-electron chi connectivity index (χ0n) is 13.9. The standard InChI is InChI=1S/C17H20FN3O4S/c18-14-3-5-15(6-4-14)25-12-11-21-17(22)20-10-9-13-1-7-16(8-2-13)26(19,23)24/h1-8H,9-12H2,(H2,19,23,24)(H2,20,21,22). The van der Waals surface area contributed by atoms with E-state index in [4.69, 9.17) is 9.88 Å². The Balaban J connectivity index is 1.62. The maximum absolute atomic E-state index is 12.7. The van der Waals surface area contributed by atoms with Gasteiger partial charge in [-0.25, -0.2) is 22.7 Å². The molecule has 0 unspecified atom stereocenters. The molecule has 0 saturated carbocycles. The van der Waals surface area contributed by atoms with Crippen LogP contribution in [-0.2, 0) is 16.4 Å². The molecule has 0 heterocycles. The van der Waals surface area contributed by atoms with Crippen molar-refractivity contribution in [3.05, 3.63) is 59.9 Å². The van der Waals surface area contributed by atoms with Crippen molar-refractivity contribution >= 4 is 16.1 Å². The van der Waals surface area contributed by atoms with Crippen LogP contribution >= 0.6 is 0 Å². The highest BCUT2D eigenvalue weighted by Gasteiger charge is 2.06. The summed E-state index contributed by atoms with van der Waals surface area (Å²) in [4.78, 5) is 11.7. The first-order valence-electron chi connectivity index (χ1n) is 7.86. The number of halogens is 1. The van der Waals surface area contributed by atoms with E-state index < -0.39 is 10.0 Å². The molecule has 0 aliphatic rings. The summed E-state index contributed by atoms with van der Waals surface area (Å²) in [5, 5.41) is 10.3. The van der Waals surface area contributed by atoms with Crippen molar-refractivity contribution in [2.24, 2.45) is 5.14 Å². The van der Waals surface area contributed by atoms with Crippen molar-refractivity contribution in [1.82, 2.24) is 10.6 Å². The van der Waals surface area contributed by atoms with E-state index in [0.717, 1.165) is 5.56 Å². The molecule has 0 aliphatic heterocycles. The number of nitrogens with two attached hydrogens (primary N) is 1. The van der Waals surface area contributed by atoms with E-state index in [1.165, 1.54) is 36.4 Å². The Labute approximate surface area is 151 Å². The summed E-state index contributed by atoms with van der Waals surface area (Å²) in [6, 6.07) is 11.4. The van der Waals surface area contributed by atoms with Crippen LogP contribution in [0.5, 0.6) is 5.75 Å². The van der Waals surface area contributed by atoms with Gasteiger partial charge in [0.05, 0.1) is 11.4 Å². The summed E-state index contributed by atoms with van der Waals surface area (Å²) in [5.74, 6) is 0.186. The molecule has 26 heavy (non-hydrogen) atoms. The lowest BCUT2D eigenvalue weighted by atomic mass is 10.1. The van der Waals surface area contributed by atoms with Crippen LogP contribution < -0.4 is 20.5 Å². The number of nitrogens with one attached hydrogen (secondary N) is 2. The zero-order valence-corrected chi connectivity index (χ0v) is 14.8. The van der Waals surface area contributed by atoms with Gasteiger partial charge in [-0.15, -0.1) is 0 Å². The Morgan fingerprint density at radius 2 is 1.62 bits per heavy atom. The van der Waals surface area contributed by atoms with Crippen LogP contribution in [0.2, 0.25) is 0 Å². The lowest BCUT2D eigenvalue weighted by molar-refractivity contribution is 0.236. The normalized spacial score (nSPS) is 11.0. The van der Waals surface area contributed by atoms with Gasteiger partial charge in [-0.3, -0.25) is 0 Å². The average molecular weight is 381 g/mol. The molecule has 0 radical (unpaired) electrons. The number of benzene rings is 2. The molecule has 2 aromatic carbocycles. The van der Waals surface area contributed by atoms with Gasteiger partial charge in [-0.05, 0) is 48.4 Å². The van der Waals surface area contributed by atoms with Crippen LogP contribution in [0.15, 0.2) is 53.4 Å². The molecular formula is C17H20FN3O4S. The van der Waals surface area contributed by atoms with Crippen LogP contribution in [0.25, 0.3) is 0 Å². The second-order valence-electron chi connectivity index (χ2n) is 5.42. The van der Waals surface area contributed by atoms with Gasteiger partial charge < -0.3 is 15.4 Å². The maximum atomic E-state index is 12.7. The highest BCUT2D eigenvalue weighted by Crippen LogP contribution is 2.10. The van der Waals surface area contributed by atoms with Crippen molar-refractivity contribution in [2.75, 3.05) is 19.7 Å². The predicted octanol–water partition coefficient (Wildman–Crippen LogP) is 1.39. The van der Waals surface area contributed by atoms with Crippen LogP contribution in [-0.4, -0.2) is 34.1 Å². The molecule has 2 aromatic rings. The van der Waals surface area contributed by atoms with E-state index in [-0.39, 0.29) is 23.4 Å². The van der Waals surface area contributed by atoms with Crippen LogP contribution in [0, 0.1) is 5.82 Å². The van der Waals surface area contributed by atoms with E-state index in [0.29, 0.717) is 25.3 Å². The third kappa shape index (κ3) is 6.69. The SMILES string of the molecule is NS(=O)(=O)c1ccc(CCNC(=O)NCCOc2ccc(F)cc2)cc1. The molecule has 9 heteroatoms. The number of ether oxygens (including phenoxy) is 1. The van der Waals surface area contributed by atoms with Crippen molar-refractivity contribution in [2.45, 2.75) is 11.3 Å². The molecule has 0 aliphatic carbocycles. The van der Waals surface area contributed by atoms with Crippen LogP contribution in [0.3, 0.4) is 0 Å². The van der Waals surface area contributed by atoms with Gasteiger partial charge >= 0.3 is 6.03 Å². The minimum Gasteiger partial charge on any atom is -0.492 e. The lowest BCUT2D eigenvalue weighted by Crippen LogP contribution is -2.38. The lowest BCUT2D eigenvalue weighted by Gasteiger charge is -2.09. The van der Waals surface area contributed by atoms with Crippen molar-refractivity contribution in [3.63, 3.8) is 0 Å². The third-order valence-electron chi connectivity index (χ3n) is 3.42. The fraction of sp³-hybridized carbons (Fsp3) is 0.235. The first kappa shape index (κ1) is 19.7. The highest BCUT2D eigenvalue weighted by molar-refractivity contribution is 7.89. The summed E-state index contributed by atoms with van der Waals surface area (Å²) in [6.45, 7) is 0.944. The Bertz CT molecular complexity index is 824. The number of hydrogen-bond donors (Lipinski definition) is 3. The fourth-order valence-corrected chi connectivity index (χ4v) is 2.61. The fourth-order valence-electron chi connectivity index (χ4n) is 2.09. The number of carbonyl (C=O) groups is 1. The van der Waals surface area contributed by atoms with E-state index >= 15 is 0 Å². The second-order valence-corrected chi connectivity index (χ2v) is 6.99. The van der Waals surface area contributed by atoms with Gasteiger partial charge in [0.1, 0.15) is 18.2 Å². The molecule has 0 spiro atoms. The number of carbonyl (C=O) groups excluding carboxylic acids is 1. The monoisotopic (exact) mass is 381 g/mol. The molecule has 0 atom stereocenters. The Morgan fingerprint density at radius 3 is 2.23 bits per heavy atom. The van der Waals surface area contributed by atoms with E-state index in [2.05, 4.69) is 10.6 Å². The minimum atomic E-state index is -3.70. The first-order chi connectivity index (χ1) is 12.3. The van der Waals surface area contributed by atoms with Crippen molar-refractivity contribution in [1.29, 1.82) is 0 Å². The Kier molecular flexibility index (Phi) is 6.93. The van der Waals surface area contributed by atoms with Crippen LogP contribution in [0.1, 0.15) is 5.56 Å². The number of sulfonamides is 1. The van der Waals surface area contributed by atoms with Gasteiger partial charge in [0.15, 0.2) is 0 Å². The molecule has 2 amide bonds. The van der Waals surface area contributed by atoms with E-state index in [1.54, 1.807) is 12.1 Å². The molecule has 0 aromatic heterocycles. The summed E-state index contributed by atoms with van der Waals surface area (Å²) in [7, 11) is -3.70. The average Bonchev–Trinajstić information content (AvgIpc) is 2.60. The number of rotatable bonds is 8. The molecule has 0 fully saturated rings. The van der Waals surface area contributed by atoms with Crippen molar-refractivity contribution in [3.8, 4) is 5.75 Å². The Morgan fingerprint density at radius 1 is 1.00 bits per heavy atom. The highest BCUT2D eigenvalue weighted by atomic mass is 32.2. The quantitative estimate of drug-likeness (QED) is 0.600. The topological polar surface area (TPSA) is 111 Å². The minimum absolute atomic E-state index is 0.0492. The van der Waals surface area contributed by atoms with Crippen LogP contribution in [0.4, 0.5) is 9.18 Å². The number of primary sulfonamides is 1. The first-order valence-corrected chi connectivity index (χ1v) is 9.41. The Hall–Kier alpha value is -2.65. The summed E-state index contributed by atoms with van der Waals surface area (Å²) >= 11 is 0. The molecule has 4 N–H and O–H groups in total. The van der Waals surface area contributed by atoms with E-state index in [9.17, 15) is 17.6 Å². The van der Waals surface area contributed by atoms with Crippen molar-refractivity contribution < 1.29 is 22.3 Å². The summed E-state index contributed by atoms with van der Waals surface area (Å²) in [5.41, 5.74) is 0.873. The largest absolute Gasteiger partial charge is 0.492 e. The molecular weight excluding hydrogens is 361 g/mol. The smallest absolute Gasteiger partial charge is 0.314 e. The predicted molar refractivity (Wildman–Crippen MR) is 94.8 cm³/mol. The maximum Gasteiger partial charge on any atom is 0.314 e. The molecule has 0 bridgehead atoms. The summed E-state index contributed by atoms with van der Waals surface area (Å²) < 4.78 is 40.4. The summed E-state index contributed by atoms with van der Waals surface area (Å²) in [6.07, 6.45) is 0.546. The number of urea groups is 1. The number of amides is 2. The van der Waals surface area contributed by atoms with E-state index in [1.807, 2.05) is 0 Å². The van der Waals surface area contributed by atoms with Gasteiger partial charge in [-0.1, -0.05) is 12.1 Å². The molecule has 7 nitrogen and oxygen atoms in total. The molecule has 0 saturated heterocycles. The molecule has 2 rings (SSSR count). The number of hydrogen-bond acceptors (Lipinski definition) is 4.